The SMILES string of the molecule is CCNCC(C)(O)COC1CC(C)CC(C)C1. The first kappa shape index (κ1) is 14.9. The lowest BCUT2D eigenvalue weighted by molar-refractivity contribution is -0.0801. The van der Waals surface area contributed by atoms with Crippen molar-refractivity contribution in [2.75, 3.05) is 19.7 Å². The Labute approximate surface area is 106 Å². The van der Waals surface area contributed by atoms with Crippen LogP contribution in [0.3, 0.4) is 0 Å². The summed E-state index contributed by atoms with van der Waals surface area (Å²) in [4.78, 5) is 0. The highest BCUT2D eigenvalue weighted by molar-refractivity contribution is 4.79. The highest BCUT2D eigenvalue weighted by Crippen LogP contribution is 2.30. The van der Waals surface area contributed by atoms with Crippen molar-refractivity contribution in [3.8, 4) is 0 Å². The minimum atomic E-state index is -0.750. The normalized spacial score (nSPS) is 33.4. The van der Waals surface area contributed by atoms with E-state index in [-0.39, 0.29) is 0 Å². The first-order chi connectivity index (χ1) is 7.93. The minimum Gasteiger partial charge on any atom is -0.386 e. The first-order valence-electron chi connectivity index (χ1n) is 6.97. The molecule has 0 aromatic heterocycles. The van der Waals surface area contributed by atoms with E-state index in [4.69, 9.17) is 4.74 Å². The molecule has 0 spiro atoms. The number of hydrogen-bond acceptors (Lipinski definition) is 3. The Hall–Kier alpha value is -0.120. The molecule has 1 aliphatic rings. The monoisotopic (exact) mass is 243 g/mol. The lowest BCUT2D eigenvalue weighted by Gasteiger charge is -2.33. The molecule has 0 heterocycles. The Kier molecular flexibility index (Phi) is 5.90. The average molecular weight is 243 g/mol. The number of rotatable bonds is 6. The summed E-state index contributed by atoms with van der Waals surface area (Å²) < 4.78 is 5.90. The number of hydrogen-bond donors (Lipinski definition) is 2. The molecule has 0 amide bonds. The molecule has 0 bridgehead atoms. The highest BCUT2D eigenvalue weighted by atomic mass is 16.5. The Bertz CT molecular complexity index is 208. The largest absolute Gasteiger partial charge is 0.386 e. The van der Waals surface area contributed by atoms with E-state index in [1.165, 1.54) is 6.42 Å². The molecule has 1 fully saturated rings. The Morgan fingerprint density at radius 1 is 1.24 bits per heavy atom. The number of ether oxygens (including phenoxy) is 1. The van der Waals surface area contributed by atoms with Crippen molar-refractivity contribution in [2.24, 2.45) is 11.8 Å². The van der Waals surface area contributed by atoms with Gasteiger partial charge in [-0.3, -0.25) is 0 Å². The lowest BCUT2D eigenvalue weighted by Crippen LogP contribution is -2.43. The standard InChI is InChI=1S/C14H29NO2/c1-5-15-9-14(4,16)10-17-13-7-11(2)6-12(3)8-13/h11-13,15-16H,5-10H2,1-4H3. The molecule has 0 radical (unpaired) electrons. The molecule has 0 aliphatic heterocycles. The number of likely N-dealkylation sites (N-methyl/N-ethyl adjacent to an activating group) is 1. The summed E-state index contributed by atoms with van der Waals surface area (Å²) in [6.45, 7) is 10.4. The summed E-state index contributed by atoms with van der Waals surface area (Å²) in [5, 5.41) is 13.3. The van der Waals surface area contributed by atoms with E-state index in [0.717, 1.165) is 31.2 Å². The third kappa shape index (κ3) is 5.84. The quantitative estimate of drug-likeness (QED) is 0.751. The van der Waals surface area contributed by atoms with Gasteiger partial charge in [-0.1, -0.05) is 20.8 Å². The van der Waals surface area contributed by atoms with Gasteiger partial charge in [0.05, 0.1) is 18.3 Å². The maximum atomic E-state index is 10.1. The van der Waals surface area contributed by atoms with Gasteiger partial charge in [-0.2, -0.15) is 0 Å². The molecular formula is C14H29NO2. The molecule has 102 valence electrons. The molecule has 1 rings (SSSR count). The van der Waals surface area contributed by atoms with Crippen LogP contribution in [0.15, 0.2) is 0 Å². The summed E-state index contributed by atoms with van der Waals surface area (Å²) >= 11 is 0. The molecule has 1 aliphatic carbocycles. The molecule has 0 aromatic rings. The molecule has 3 nitrogen and oxygen atoms in total. The van der Waals surface area contributed by atoms with Gasteiger partial charge in [-0.05, 0) is 44.6 Å². The van der Waals surface area contributed by atoms with E-state index in [9.17, 15) is 5.11 Å². The van der Waals surface area contributed by atoms with E-state index in [2.05, 4.69) is 19.2 Å². The van der Waals surface area contributed by atoms with Gasteiger partial charge in [0, 0.05) is 6.54 Å². The summed E-state index contributed by atoms with van der Waals surface area (Å²) in [6.07, 6.45) is 3.93. The smallest absolute Gasteiger partial charge is 0.0975 e. The maximum Gasteiger partial charge on any atom is 0.0975 e. The fraction of sp³-hybridized carbons (Fsp3) is 1.00. The predicted octanol–water partition coefficient (Wildman–Crippen LogP) is 2.19. The van der Waals surface area contributed by atoms with Crippen molar-refractivity contribution in [2.45, 2.75) is 58.7 Å². The van der Waals surface area contributed by atoms with Gasteiger partial charge in [-0.15, -0.1) is 0 Å². The van der Waals surface area contributed by atoms with Gasteiger partial charge in [-0.25, -0.2) is 0 Å². The summed E-state index contributed by atoms with van der Waals surface area (Å²) in [6, 6.07) is 0. The molecule has 3 heteroatoms. The third-order valence-electron chi connectivity index (χ3n) is 3.52. The summed E-state index contributed by atoms with van der Waals surface area (Å²) in [5.41, 5.74) is -0.750. The molecule has 2 N–H and O–H groups in total. The van der Waals surface area contributed by atoms with Crippen LogP contribution in [0.2, 0.25) is 0 Å². The minimum absolute atomic E-state index is 0.335. The Morgan fingerprint density at radius 3 is 2.35 bits per heavy atom. The van der Waals surface area contributed by atoms with E-state index in [0.29, 0.717) is 19.3 Å². The summed E-state index contributed by atoms with van der Waals surface area (Å²) in [5.74, 6) is 1.50. The van der Waals surface area contributed by atoms with E-state index >= 15 is 0 Å². The first-order valence-corrected chi connectivity index (χ1v) is 6.97. The van der Waals surface area contributed by atoms with Crippen molar-refractivity contribution in [1.82, 2.24) is 5.32 Å². The van der Waals surface area contributed by atoms with Crippen LogP contribution in [0.25, 0.3) is 0 Å². The van der Waals surface area contributed by atoms with Crippen LogP contribution in [-0.4, -0.2) is 36.5 Å². The molecule has 0 saturated heterocycles. The van der Waals surface area contributed by atoms with Gasteiger partial charge in [0.25, 0.3) is 0 Å². The van der Waals surface area contributed by atoms with E-state index in [1.54, 1.807) is 0 Å². The topological polar surface area (TPSA) is 41.5 Å². The Balaban J connectivity index is 2.29. The number of aliphatic hydroxyl groups is 1. The summed E-state index contributed by atoms with van der Waals surface area (Å²) in [7, 11) is 0. The predicted molar refractivity (Wildman–Crippen MR) is 71.1 cm³/mol. The molecule has 0 aromatic carbocycles. The van der Waals surface area contributed by atoms with Gasteiger partial charge in [0.15, 0.2) is 0 Å². The van der Waals surface area contributed by atoms with Crippen LogP contribution < -0.4 is 5.32 Å². The van der Waals surface area contributed by atoms with Crippen LogP contribution in [0.5, 0.6) is 0 Å². The van der Waals surface area contributed by atoms with Crippen LogP contribution >= 0.6 is 0 Å². The van der Waals surface area contributed by atoms with Gasteiger partial charge in [0.2, 0.25) is 0 Å². The van der Waals surface area contributed by atoms with Gasteiger partial charge in [0.1, 0.15) is 0 Å². The average Bonchev–Trinajstić information content (AvgIpc) is 2.23. The van der Waals surface area contributed by atoms with Crippen molar-refractivity contribution in [1.29, 1.82) is 0 Å². The van der Waals surface area contributed by atoms with Crippen molar-refractivity contribution in [3.63, 3.8) is 0 Å². The second kappa shape index (κ2) is 6.72. The van der Waals surface area contributed by atoms with Gasteiger partial charge >= 0.3 is 0 Å². The van der Waals surface area contributed by atoms with Crippen LogP contribution in [0, 0.1) is 11.8 Å². The Morgan fingerprint density at radius 2 is 1.82 bits per heavy atom. The molecule has 17 heavy (non-hydrogen) atoms. The maximum absolute atomic E-state index is 10.1. The van der Waals surface area contributed by atoms with Gasteiger partial charge < -0.3 is 15.2 Å². The molecule has 1 saturated carbocycles. The lowest BCUT2D eigenvalue weighted by atomic mass is 9.82. The molecule has 3 atom stereocenters. The van der Waals surface area contributed by atoms with Crippen LogP contribution in [0.1, 0.15) is 47.0 Å². The molecule has 3 unspecified atom stereocenters. The van der Waals surface area contributed by atoms with Crippen LogP contribution in [0.4, 0.5) is 0 Å². The highest BCUT2D eigenvalue weighted by Gasteiger charge is 2.27. The zero-order valence-electron chi connectivity index (χ0n) is 11.8. The van der Waals surface area contributed by atoms with Crippen LogP contribution in [-0.2, 0) is 4.74 Å². The fourth-order valence-corrected chi connectivity index (χ4v) is 2.75. The van der Waals surface area contributed by atoms with Crippen molar-refractivity contribution in [3.05, 3.63) is 0 Å². The van der Waals surface area contributed by atoms with E-state index < -0.39 is 5.60 Å². The fourth-order valence-electron chi connectivity index (χ4n) is 2.75. The van der Waals surface area contributed by atoms with Crippen molar-refractivity contribution < 1.29 is 9.84 Å². The number of nitrogens with one attached hydrogen (secondary N) is 1. The second-order valence-corrected chi connectivity index (χ2v) is 6.13. The third-order valence-corrected chi connectivity index (χ3v) is 3.52. The second-order valence-electron chi connectivity index (χ2n) is 6.13. The van der Waals surface area contributed by atoms with Crippen molar-refractivity contribution >= 4 is 0 Å². The zero-order chi connectivity index (χ0) is 12.9. The zero-order valence-corrected chi connectivity index (χ0v) is 11.8. The van der Waals surface area contributed by atoms with E-state index in [1.807, 2.05) is 13.8 Å². The molecular weight excluding hydrogens is 214 g/mol.